The van der Waals surface area contributed by atoms with Crippen molar-refractivity contribution in [3.8, 4) is 0 Å². The number of fused-ring (bicyclic) bond motifs is 1. The molecule has 1 aliphatic rings. The van der Waals surface area contributed by atoms with Crippen LogP contribution in [0.3, 0.4) is 0 Å². The van der Waals surface area contributed by atoms with Crippen LogP contribution >= 0.6 is 16.6 Å². The molecule has 0 spiro atoms. The molecule has 1 heterocycles. The van der Waals surface area contributed by atoms with Gasteiger partial charge in [0.2, 0.25) is 0 Å². The van der Waals surface area contributed by atoms with Crippen molar-refractivity contribution in [2.45, 2.75) is 25.7 Å². The Morgan fingerprint density at radius 2 is 1.75 bits per heavy atom. The molecule has 1 aromatic rings. The van der Waals surface area contributed by atoms with Gasteiger partial charge in [0, 0.05) is 0 Å². The SMILES string of the molecule is Cc1ccc2c(c1)[S][Pb]([CH3])([CH3])[S]2. The van der Waals surface area contributed by atoms with E-state index >= 15 is 0 Å². The Bertz CT molecular complexity index is 320. The summed E-state index contributed by atoms with van der Waals surface area (Å²) in [6.45, 7) is 2.17. The van der Waals surface area contributed by atoms with Crippen molar-refractivity contribution >= 4 is 34.8 Å². The standard InChI is InChI=1S/C7H8S2.2CH3.Pb/c1-5-2-3-6(8)7(9)4-5;;;/h2-4,8-9H,1H3;2*1H3;/q;;;+2/p-2. The molecule has 0 N–H and O–H groups in total. The predicted molar refractivity (Wildman–Crippen MR) is 60.4 cm³/mol. The third-order valence-corrected chi connectivity index (χ3v) is 25.0. The number of benzene rings is 1. The van der Waals surface area contributed by atoms with Gasteiger partial charge in [0.05, 0.1) is 0 Å². The average molecular weight is 392 g/mol. The van der Waals surface area contributed by atoms with Crippen LogP contribution in [0, 0.1) is 6.92 Å². The molecule has 0 bridgehead atoms. The molecule has 64 valence electrons. The molecule has 0 saturated carbocycles. The Morgan fingerprint density at radius 1 is 1.08 bits per heavy atom. The molecule has 0 radical (unpaired) electrons. The first kappa shape index (κ1) is 9.40. The van der Waals surface area contributed by atoms with E-state index in [-0.39, 0.29) is 0 Å². The molecule has 0 nitrogen and oxygen atoms in total. The van der Waals surface area contributed by atoms with Crippen molar-refractivity contribution in [2.24, 2.45) is 0 Å². The first-order chi connectivity index (χ1) is 5.57. The van der Waals surface area contributed by atoms with Crippen LogP contribution in [0.15, 0.2) is 28.0 Å². The zero-order valence-corrected chi connectivity index (χ0v) is 13.1. The Labute approximate surface area is 83.5 Å². The Hall–Kier alpha value is 0.842. The zero-order chi connectivity index (χ0) is 8.77. The van der Waals surface area contributed by atoms with Crippen LogP contribution in [0.4, 0.5) is 0 Å². The second-order valence-electron chi connectivity index (χ2n) is 3.55. The van der Waals surface area contributed by atoms with E-state index in [9.17, 15) is 0 Å². The summed E-state index contributed by atoms with van der Waals surface area (Å²) >= 11 is -1.85. The molecule has 3 heteroatoms. The van der Waals surface area contributed by atoms with Gasteiger partial charge < -0.3 is 0 Å². The van der Waals surface area contributed by atoms with Gasteiger partial charge in [-0.25, -0.2) is 0 Å². The van der Waals surface area contributed by atoms with E-state index in [2.05, 4.69) is 50.7 Å². The normalized spacial score (nSPS) is 19.2. The Balaban J connectivity index is 2.43. The van der Waals surface area contributed by atoms with Crippen molar-refractivity contribution in [2.75, 3.05) is 0 Å². The number of aryl methyl sites for hydroxylation is 1. The first-order valence-corrected chi connectivity index (χ1v) is 23.0. The molecule has 2 rings (SSSR count). The summed E-state index contributed by atoms with van der Waals surface area (Å²) in [4.78, 5) is 3.09. The molecule has 0 saturated heterocycles. The van der Waals surface area contributed by atoms with Gasteiger partial charge >= 0.3 is 84.2 Å². The van der Waals surface area contributed by atoms with Gasteiger partial charge in [-0.15, -0.1) is 0 Å². The van der Waals surface area contributed by atoms with E-state index < -0.39 is 18.2 Å². The van der Waals surface area contributed by atoms with E-state index in [1.807, 2.05) is 0 Å². The van der Waals surface area contributed by atoms with Crippen LogP contribution in [-0.2, 0) is 0 Å². The van der Waals surface area contributed by atoms with Crippen molar-refractivity contribution in [3.05, 3.63) is 23.8 Å². The fraction of sp³-hybridized carbons (Fsp3) is 0.333. The molecule has 1 aliphatic heterocycles. The summed E-state index contributed by atoms with van der Waals surface area (Å²) in [6, 6.07) is 6.85. The van der Waals surface area contributed by atoms with Crippen LogP contribution in [0.1, 0.15) is 5.56 Å². The maximum atomic E-state index is 2.50. The van der Waals surface area contributed by atoms with Gasteiger partial charge in [0.15, 0.2) is 0 Å². The molecule has 12 heavy (non-hydrogen) atoms. The van der Waals surface area contributed by atoms with Crippen LogP contribution < -0.4 is 0 Å². The third-order valence-electron chi connectivity index (χ3n) is 1.81. The topological polar surface area (TPSA) is 0 Å². The van der Waals surface area contributed by atoms with Gasteiger partial charge in [-0.2, -0.15) is 0 Å². The van der Waals surface area contributed by atoms with Crippen molar-refractivity contribution in [1.29, 1.82) is 0 Å². The summed E-state index contributed by atoms with van der Waals surface area (Å²) in [7, 11) is 4.38. The van der Waals surface area contributed by atoms with Crippen LogP contribution in [0.2, 0.25) is 8.97 Å². The molecule has 0 aromatic heterocycles. The van der Waals surface area contributed by atoms with Crippen LogP contribution in [0.5, 0.6) is 0 Å². The van der Waals surface area contributed by atoms with Gasteiger partial charge in [-0.3, -0.25) is 0 Å². The Morgan fingerprint density at radius 3 is 2.50 bits per heavy atom. The zero-order valence-electron chi connectivity index (χ0n) is 7.55. The predicted octanol–water partition coefficient (Wildman–Crippen LogP) is 3.89. The van der Waals surface area contributed by atoms with Crippen LogP contribution in [-0.4, -0.2) is 18.2 Å². The monoisotopic (exact) mass is 392 g/mol. The number of rotatable bonds is 0. The minimum absolute atomic E-state index is 1.40. The van der Waals surface area contributed by atoms with Crippen molar-refractivity contribution in [1.82, 2.24) is 0 Å². The van der Waals surface area contributed by atoms with Crippen molar-refractivity contribution < 1.29 is 0 Å². The molecule has 1 aromatic carbocycles. The summed E-state index contributed by atoms with van der Waals surface area (Å²) < 4.78 is 5.00. The van der Waals surface area contributed by atoms with Gasteiger partial charge in [0.1, 0.15) is 0 Å². The third kappa shape index (κ3) is 1.85. The summed E-state index contributed by atoms with van der Waals surface area (Å²) in [5, 5.41) is 0. The van der Waals surface area contributed by atoms with E-state index in [0.29, 0.717) is 0 Å². The summed E-state index contributed by atoms with van der Waals surface area (Å²) in [6.07, 6.45) is 0. The second kappa shape index (κ2) is 3.20. The van der Waals surface area contributed by atoms with Crippen LogP contribution in [0.25, 0.3) is 0 Å². The van der Waals surface area contributed by atoms with Gasteiger partial charge in [-0.1, -0.05) is 0 Å². The molecule has 0 amide bonds. The van der Waals surface area contributed by atoms with Gasteiger partial charge in [-0.05, 0) is 0 Å². The van der Waals surface area contributed by atoms with E-state index in [4.69, 9.17) is 0 Å². The number of hydrogen-bond acceptors (Lipinski definition) is 2. The molecular formula is C9H12PbS2. The minimum atomic E-state index is -1.85. The molecule has 0 unspecified atom stereocenters. The Kier molecular flexibility index (Phi) is 2.51. The fourth-order valence-corrected chi connectivity index (χ4v) is 27.8. The summed E-state index contributed by atoms with van der Waals surface area (Å²) in [5.41, 5.74) is 1.40. The first-order valence-electron chi connectivity index (χ1n) is 4.05. The van der Waals surface area contributed by atoms with Crippen molar-refractivity contribution in [3.63, 3.8) is 0 Å². The quantitative estimate of drug-likeness (QED) is 0.616. The molecule has 0 aliphatic carbocycles. The molecule has 0 fully saturated rings. The average Bonchev–Trinajstić information content (AvgIpc) is 2.21. The fourth-order valence-electron chi connectivity index (χ4n) is 1.33. The van der Waals surface area contributed by atoms with Gasteiger partial charge in [0.25, 0.3) is 0 Å². The second-order valence-corrected chi connectivity index (χ2v) is 40.7. The van der Waals surface area contributed by atoms with E-state index in [0.717, 1.165) is 0 Å². The molecule has 0 atom stereocenters. The molecular weight excluding hydrogens is 379 g/mol. The number of hydrogen-bond donors (Lipinski definition) is 0. The summed E-state index contributed by atoms with van der Waals surface area (Å²) in [5.74, 6) is 0. The van der Waals surface area contributed by atoms with E-state index in [1.54, 1.807) is 4.90 Å². The maximum absolute atomic E-state index is 2.50. The van der Waals surface area contributed by atoms with E-state index in [1.165, 1.54) is 10.5 Å².